The molecule has 20 heavy (non-hydrogen) atoms. The van der Waals surface area contributed by atoms with E-state index in [-0.39, 0.29) is 18.5 Å². The van der Waals surface area contributed by atoms with Crippen LogP contribution in [0, 0.1) is 0 Å². The summed E-state index contributed by atoms with van der Waals surface area (Å²) in [5, 5.41) is 21.0. The highest BCUT2D eigenvalue weighted by molar-refractivity contribution is 5.94. The number of nitrogens with zero attached hydrogens (tertiary/aromatic N) is 3. The molecule has 0 radical (unpaired) electrons. The molecule has 0 saturated carbocycles. The summed E-state index contributed by atoms with van der Waals surface area (Å²) in [7, 11) is 0. The van der Waals surface area contributed by atoms with Crippen LogP contribution in [0.1, 0.15) is 23.7 Å². The minimum atomic E-state index is -0.0806. The fraction of sp³-hybridized carbons (Fsp3) is 0.286. The Morgan fingerprint density at radius 2 is 2.10 bits per heavy atom. The summed E-state index contributed by atoms with van der Waals surface area (Å²) in [4.78, 5) is 4.05. The van der Waals surface area contributed by atoms with Gasteiger partial charge in [0, 0.05) is 6.20 Å². The molecule has 106 valence electrons. The van der Waals surface area contributed by atoms with Crippen molar-refractivity contribution in [2.24, 2.45) is 10.9 Å². The summed E-state index contributed by atoms with van der Waals surface area (Å²) < 4.78 is 1.79. The molecular formula is C14H18N4O2. The van der Waals surface area contributed by atoms with E-state index in [9.17, 15) is 5.11 Å². The van der Waals surface area contributed by atoms with Crippen molar-refractivity contribution < 1.29 is 10.3 Å². The Bertz CT molecular complexity index is 566. The lowest BCUT2D eigenvalue weighted by Gasteiger charge is -2.15. The van der Waals surface area contributed by atoms with Gasteiger partial charge in [0.05, 0.1) is 19.0 Å². The zero-order chi connectivity index (χ0) is 14.4. The van der Waals surface area contributed by atoms with E-state index in [0.717, 1.165) is 12.8 Å². The zero-order valence-electron chi connectivity index (χ0n) is 11.1. The van der Waals surface area contributed by atoms with Crippen LogP contribution in [0.5, 0.6) is 0 Å². The van der Waals surface area contributed by atoms with Gasteiger partial charge in [-0.3, -0.25) is 0 Å². The molecule has 1 atom stereocenters. The number of aliphatic hydroxyl groups is 1. The van der Waals surface area contributed by atoms with Crippen LogP contribution in [0.3, 0.4) is 0 Å². The first-order valence-electron chi connectivity index (χ1n) is 6.40. The largest absolute Gasteiger partial charge is 0.409 e. The van der Waals surface area contributed by atoms with Gasteiger partial charge < -0.3 is 20.6 Å². The molecule has 1 unspecified atom stereocenters. The maximum absolute atomic E-state index is 9.50. The van der Waals surface area contributed by atoms with Crippen molar-refractivity contribution >= 4 is 5.84 Å². The average molecular weight is 274 g/mol. The topological polar surface area (TPSA) is 96.7 Å². The first kappa shape index (κ1) is 14.1. The van der Waals surface area contributed by atoms with Crippen molar-refractivity contribution in [1.82, 2.24) is 9.55 Å². The standard InChI is InChI=1S/C14H18N4O2/c15-14(17-20)13-8-18(10-16-13)12(9-19)7-6-11-4-2-1-3-5-11/h1-5,8,10,12,19-20H,6-7,9H2,(H2,15,17). The van der Waals surface area contributed by atoms with E-state index in [1.807, 2.05) is 18.2 Å². The van der Waals surface area contributed by atoms with Crippen LogP contribution in [0.4, 0.5) is 0 Å². The number of hydrogen-bond donors (Lipinski definition) is 3. The van der Waals surface area contributed by atoms with Gasteiger partial charge in [-0.1, -0.05) is 35.5 Å². The second-order valence-corrected chi connectivity index (χ2v) is 4.55. The van der Waals surface area contributed by atoms with Gasteiger partial charge in [0.15, 0.2) is 5.84 Å². The van der Waals surface area contributed by atoms with Crippen LogP contribution in [-0.2, 0) is 6.42 Å². The van der Waals surface area contributed by atoms with Gasteiger partial charge in [0.25, 0.3) is 0 Å². The molecular weight excluding hydrogens is 256 g/mol. The summed E-state index contributed by atoms with van der Waals surface area (Å²) in [5.41, 5.74) is 7.09. The lowest BCUT2D eigenvalue weighted by molar-refractivity contribution is 0.220. The second-order valence-electron chi connectivity index (χ2n) is 4.55. The fourth-order valence-corrected chi connectivity index (χ4v) is 2.03. The van der Waals surface area contributed by atoms with E-state index in [1.54, 1.807) is 17.1 Å². The van der Waals surface area contributed by atoms with Gasteiger partial charge in [-0.15, -0.1) is 0 Å². The molecule has 0 aliphatic carbocycles. The summed E-state index contributed by atoms with van der Waals surface area (Å²) in [6, 6.07) is 10.0. The van der Waals surface area contributed by atoms with E-state index in [1.165, 1.54) is 5.56 Å². The first-order valence-corrected chi connectivity index (χ1v) is 6.40. The molecule has 6 heteroatoms. The maximum Gasteiger partial charge on any atom is 0.190 e. The molecule has 0 aliphatic rings. The molecule has 0 amide bonds. The predicted octanol–water partition coefficient (Wildman–Crippen LogP) is 1.14. The Balaban J connectivity index is 2.03. The van der Waals surface area contributed by atoms with Crippen LogP contribution in [0.15, 0.2) is 48.0 Å². The van der Waals surface area contributed by atoms with Crippen molar-refractivity contribution in [3.8, 4) is 0 Å². The van der Waals surface area contributed by atoms with Crippen LogP contribution in [-0.4, -0.2) is 32.3 Å². The van der Waals surface area contributed by atoms with Crippen molar-refractivity contribution in [3.63, 3.8) is 0 Å². The first-order chi connectivity index (χ1) is 9.74. The smallest absolute Gasteiger partial charge is 0.190 e. The molecule has 0 spiro atoms. The third-order valence-corrected chi connectivity index (χ3v) is 3.21. The van der Waals surface area contributed by atoms with Crippen molar-refractivity contribution in [2.45, 2.75) is 18.9 Å². The minimum absolute atomic E-state index is 0.0127. The normalized spacial score (nSPS) is 13.3. The second kappa shape index (κ2) is 6.72. The molecule has 2 rings (SSSR count). The summed E-state index contributed by atoms with van der Waals surface area (Å²) in [5.74, 6) is -0.0384. The number of aliphatic hydroxyl groups excluding tert-OH is 1. The lowest BCUT2D eigenvalue weighted by Crippen LogP contribution is -2.15. The van der Waals surface area contributed by atoms with Gasteiger partial charge >= 0.3 is 0 Å². The third kappa shape index (κ3) is 3.36. The molecule has 4 N–H and O–H groups in total. The number of hydrogen-bond acceptors (Lipinski definition) is 4. The molecule has 1 heterocycles. The number of oxime groups is 1. The maximum atomic E-state index is 9.50. The lowest BCUT2D eigenvalue weighted by atomic mass is 10.1. The number of amidine groups is 1. The number of benzene rings is 1. The summed E-state index contributed by atoms with van der Waals surface area (Å²) in [6.07, 6.45) is 4.90. The highest BCUT2D eigenvalue weighted by atomic mass is 16.4. The number of aryl methyl sites for hydroxylation is 1. The Kier molecular flexibility index (Phi) is 4.73. The molecule has 6 nitrogen and oxygen atoms in total. The summed E-state index contributed by atoms with van der Waals surface area (Å²) in [6.45, 7) is 0.0127. The van der Waals surface area contributed by atoms with Gasteiger partial charge in [0.1, 0.15) is 5.69 Å². The molecule has 1 aromatic carbocycles. The zero-order valence-corrected chi connectivity index (χ0v) is 11.1. The molecule has 1 aromatic heterocycles. The highest BCUT2D eigenvalue weighted by Gasteiger charge is 2.12. The van der Waals surface area contributed by atoms with Crippen LogP contribution in [0.2, 0.25) is 0 Å². The third-order valence-electron chi connectivity index (χ3n) is 3.21. The van der Waals surface area contributed by atoms with Crippen molar-refractivity contribution in [3.05, 3.63) is 54.1 Å². The molecule has 2 aromatic rings. The van der Waals surface area contributed by atoms with Crippen LogP contribution in [0.25, 0.3) is 0 Å². The molecule has 0 aliphatic heterocycles. The number of imidazole rings is 1. The van der Waals surface area contributed by atoms with E-state index >= 15 is 0 Å². The monoisotopic (exact) mass is 274 g/mol. The van der Waals surface area contributed by atoms with E-state index in [4.69, 9.17) is 10.9 Å². The number of nitrogens with two attached hydrogens (primary N) is 1. The highest BCUT2D eigenvalue weighted by Crippen LogP contribution is 2.15. The van der Waals surface area contributed by atoms with Gasteiger partial charge in [-0.05, 0) is 18.4 Å². The average Bonchev–Trinajstić information content (AvgIpc) is 2.98. The Hall–Kier alpha value is -2.34. The fourth-order valence-electron chi connectivity index (χ4n) is 2.03. The Morgan fingerprint density at radius 1 is 1.35 bits per heavy atom. The van der Waals surface area contributed by atoms with Crippen molar-refractivity contribution in [2.75, 3.05) is 6.61 Å². The van der Waals surface area contributed by atoms with Gasteiger partial charge in [-0.2, -0.15) is 0 Å². The molecule has 0 bridgehead atoms. The summed E-state index contributed by atoms with van der Waals surface area (Å²) >= 11 is 0. The van der Waals surface area contributed by atoms with E-state index in [2.05, 4.69) is 22.3 Å². The quantitative estimate of drug-likeness (QED) is 0.318. The van der Waals surface area contributed by atoms with E-state index in [0.29, 0.717) is 5.69 Å². The Morgan fingerprint density at radius 3 is 2.75 bits per heavy atom. The number of aromatic nitrogens is 2. The van der Waals surface area contributed by atoms with Gasteiger partial charge in [0.2, 0.25) is 0 Å². The minimum Gasteiger partial charge on any atom is -0.409 e. The van der Waals surface area contributed by atoms with Crippen LogP contribution >= 0.6 is 0 Å². The molecule has 0 saturated heterocycles. The van der Waals surface area contributed by atoms with Crippen molar-refractivity contribution in [1.29, 1.82) is 0 Å². The predicted molar refractivity (Wildman–Crippen MR) is 75.6 cm³/mol. The van der Waals surface area contributed by atoms with Gasteiger partial charge in [-0.25, -0.2) is 4.98 Å². The van der Waals surface area contributed by atoms with Crippen LogP contribution < -0.4 is 5.73 Å². The number of rotatable bonds is 6. The molecule has 0 fully saturated rings. The SMILES string of the molecule is NC(=NO)c1cn(C(CO)CCc2ccccc2)cn1. The van der Waals surface area contributed by atoms with E-state index < -0.39 is 0 Å². The Labute approximate surface area is 117 Å².